The van der Waals surface area contributed by atoms with E-state index in [4.69, 9.17) is 9.47 Å². The van der Waals surface area contributed by atoms with E-state index < -0.39 is 5.97 Å². The second-order valence-electron chi connectivity index (χ2n) is 9.70. The van der Waals surface area contributed by atoms with Crippen molar-refractivity contribution < 1.29 is 19.1 Å². The van der Waals surface area contributed by atoms with Gasteiger partial charge in [-0.1, -0.05) is 81.1 Å². The highest BCUT2D eigenvalue weighted by Crippen LogP contribution is 2.40. The molecule has 2 aromatic carbocycles. The summed E-state index contributed by atoms with van der Waals surface area (Å²) in [4.78, 5) is 23.6. The van der Waals surface area contributed by atoms with E-state index >= 15 is 0 Å². The van der Waals surface area contributed by atoms with E-state index in [-0.39, 0.29) is 17.5 Å². The van der Waals surface area contributed by atoms with Gasteiger partial charge in [-0.25, -0.2) is 9.59 Å². The van der Waals surface area contributed by atoms with Gasteiger partial charge in [-0.3, -0.25) is 0 Å². The van der Waals surface area contributed by atoms with Gasteiger partial charge in [0.2, 0.25) is 0 Å². The number of allylic oxidation sites excluding steroid dienone is 3. The summed E-state index contributed by atoms with van der Waals surface area (Å²) in [6, 6.07) is 15.9. The molecule has 0 amide bonds. The minimum atomic E-state index is -0.425. The number of benzene rings is 2. The third-order valence-corrected chi connectivity index (χ3v) is 6.63. The van der Waals surface area contributed by atoms with Gasteiger partial charge in [0.05, 0.1) is 0 Å². The van der Waals surface area contributed by atoms with E-state index in [9.17, 15) is 9.59 Å². The fourth-order valence-corrected chi connectivity index (χ4v) is 3.87. The molecule has 2 aromatic rings. The predicted molar refractivity (Wildman–Crippen MR) is 142 cm³/mol. The van der Waals surface area contributed by atoms with Gasteiger partial charge in [-0.05, 0) is 68.0 Å². The lowest BCUT2D eigenvalue weighted by molar-refractivity contribution is -0.147. The highest BCUT2D eigenvalue weighted by atomic mass is 16.5. The highest BCUT2D eigenvalue weighted by molar-refractivity contribution is 5.89. The molecule has 0 heterocycles. The molecule has 0 saturated heterocycles. The predicted octanol–water partition coefficient (Wildman–Crippen LogP) is 7.47. The van der Waals surface area contributed by atoms with Crippen molar-refractivity contribution in [2.45, 2.75) is 53.6 Å². The van der Waals surface area contributed by atoms with Crippen LogP contribution in [-0.4, -0.2) is 18.0 Å². The largest absolute Gasteiger partial charge is 0.458 e. The summed E-state index contributed by atoms with van der Waals surface area (Å²) in [5.41, 5.74) is 6.40. The number of rotatable bonds is 8. The summed E-state index contributed by atoms with van der Waals surface area (Å²) in [6.45, 7) is 16.7. The van der Waals surface area contributed by atoms with Crippen molar-refractivity contribution >= 4 is 17.5 Å². The number of ether oxygens (including phenoxy) is 2. The van der Waals surface area contributed by atoms with Crippen molar-refractivity contribution in [2.24, 2.45) is 5.41 Å². The first kappa shape index (κ1) is 26.0. The average Bonchev–Trinajstić information content (AvgIpc) is 2.84. The molecular weight excluding hydrogens is 436 g/mol. The van der Waals surface area contributed by atoms with E-state index in [1.807, 2.05) is 19.1 Å². The molecule has 182 valence electrons. The first-order chi connectivity index (χ1) is 16.5. The lowest BCUT2D eigenvalue weighted by Crippen LogP contribution is -2.33. The fraction of sp³-hybridized carbons (Fsp3) is 0.290. The van der Waals surface area contributed by atoms with Gasteiger partial charge < -0.3 is 9.47 Å². The van der Waals surface area contributed by atoms with Crippen LogP contribution in [0.2, 0.25) is 0 Å². The molecule has 1 unspecified atom stereocenters. The van der Waals surface area contributed by atoms with Crippen molar-refractivity contribution in [3.8, 4) is 16.9 Å². The SMILES string of the molecule is C=C(C)C(=O)Oc1ccc(-c2ccc(C3=CC=C(C(C)(C)C(C)OC(=O)C(=C)C)CC3)cc2)cc1. The molecule has 0 spiro atoms. The van der Waals surface area contributed by atoms with Crippen LogP contribution in [0.1, 0.15) is 53.0 Å². The summed E-state index contributed by atoms with van der Waals surface area (Å²) in [7, 11) is 0. The Labute approximate surface area is 208 Å². The van der Waals surface area contributed by atoms with Crippen LogP contribution in [0, 0.1) is 5.41 Å². The second kappa shape index (κ2) is 10.7. The molecular formula is C31H34O4. The lowest BCUT2D eigenvalue weighted by atomic mass is 9.74. The zero-order chi connectivity index (χ0) is 25.8. The Morgan fingerprint density at radius 1 is 0.800 bits per heavy atom. The maximum Gasteiger partial charge on any atom is 0.338 e. The lowest BCUT2D eigenvalue weighted by Gasteiger charge is -2.35. The van der Waals surface area contributed by atoms with Crippen molar-refractivity contribution in [1.29, 1.82) is 0 Å². The van der Waals surface area contributed by atoms with Gasteiger partial charge in [-0.2, -0.15) is 0 Å². The third kappa shape index (κ3) is 6.27. The Morgan fingerprint density at radius 3 is 1.80 bits per heavy atom. The minimum Gasteiger partial charge on any atom is -0.458 e. The monoisotopic (exact) mass is 470 g/mol. The van der Waals surface area contributed by atoms with Gasteiger partial charge in [0, 0.05) is 16.6 Å². The van der Waals surface area contributed by atoms with E-state index in [2.05, 4.69) is 63.4 Å². The molecule has 4 nitrogen and oxygen atoms in total. The number of esters is 2. The van der Waals surface area contributed by atoms with Crippen molar-refractivity contribution in [3.05, 3.63) is 96.1 Å². The molecule has 1 atom stereocenters. The standard InChI is InChI=1S/C31H34O4/c1-20(2)29(32)34-22(5)31(6,7)27-16-12-25(13-17-27)23-8-10-24(11-9-23)26-14-18-28(19-15-26)35-30(33)21(3)4/h8-12,14-16,18-19,22H,1,3,13,17H2,2,4-7H3. The summed E-state index contributed by atoms with van der Waals surface area (Å²) in [5, 5.41) is 0. The van der Waals surface area contributed by atoms with E-state index in [1.165, 1.54) is 16.7 Å². The Kier molecular flexibility index (Phi) is 7.96. The fourth-order valence-electron chi connectivity index (χ4n) is 3.87. The number of hydrogen-bond donors (Lipinski definition) is 0. The van der Waals surface area contributed by atoms with Crippen LogP contribution in [0.4, 0.5) is 0 Å². The average molecular weight is 471 g/mol. The van der Waals surface area contributed by atoms with Crippen LogP contribution in [0.15, 0.2) is 90.6 Å². The van der Waals surface area contributed by atoms with Crippen LogP contribution in [0.25, 0.3) is 16.7 Å². The normalized spacial score (nSPS) is 14.3. The maximum atomic E-state index is 12.0. The topological polar surface area (TPSA) is 52.6 Å². The Morgan fingerprint density at radius 2 is 1.31 bits per heavy atom. The van der Waals surface area contributed by atoms with Crippen molar-refractivity contribution in [3.63, 3.8) is 0 Å². The van der Waals surface area contributed by atoms with Gasteiger partial charge in [0.15, 0.2) is 0 Å². The minimum absolute atomic E-state index is 0.247. The number of hydrogen-bond acceptors (Lipinski definition) is 4. The first-order valence-electron chi connectivity index (χ1n) is 11.8. The molecule has 3 rings (SSSR count). The molecule has 0 saturated carbocycles. The van der Waals surface area contributed by atoms with Gasteiger partial charge in [-0.15, -0.1) is 0 Å². The van der Waals surface area contributed by atoms with Crippen LogP contribution >= 0.6 is 0 Å². The van der Waals surface area contributed by atoms with E-state index in [0.717, 1.165) is 24.0 Å². The Hall–Kier alpha value is -3.66. The van der Waals surface area contributed by atoms with E-state index in [0.29, 0.717) is 16.9 Å². The zero-order valence-electron chi connectivity index (χ0n) is 21.3. The number of carbonyl (C=O) groups is 2. The molecule has 0 bridgehead atoms. The quantitative estimate of drug-likeness (QED) is 0.228. The molecule has 0 aromatic heterocycles. The third-order valence-electron chi connectivity index (χ3n) is 6.63. The maximum absolute atomic E-state index is 12.0. The summed E-state index contributed by atoms with van der Waals surface area (Å²) in [6.07, 6.45) is 5.94. The Balaban J connectivity index is 1.70. The van der Waals surface area contributed by atoms with Crippen LogP contribution in [-0.2, 0) is 14.3 Å². The number of carbonyl (C=O) groups excluding carboxylic acids is 2. The smallest absolute Gasteiger partial charge is 0.338 e. The van der Waals surface area contributed by atoms with Crippen LogP contribution in [0.5, 0.6) is 5.75 Å². The summed E-state index contributed by atoms with van der Waals surface area (Å²) in [5.74, 6) is -0.272. The summed E-state index contributed by atoms with van der Waals surface area (Å²) < 4.78 is 10.9. The molecule has 1 aliphatic rings. The molecule has 0 radical (unpaired) electrons. The zero-order valence-corrected chi connectivity index (χ0v) is 21.3. The molecule has 0 fully saturated rings. The molecule has 0 aliphatic heterocycles. The van der Waals surface area contributed by atoms with Crippen molar-refractivity contribution in [1.82, 2.24) is 0 Å². The van der Waals surface area contributed by atoms with Crippen molar-refractivity contribution in [2.75, 3.05) is 0 Å². The summed E-state index contributed by atoms with van der Waals surface area (Å²) >= 11 is 0. The van der Waals surface area contributed by atoms with E-state index in [1.54, 1.807) is 26.0 Å². The van der Waals surface area contributed by atoms with Crippen LogP contribution in [0.3, 0.4) is 0 Å². The highest BCUT2D eigenvalue weighted by Gasteiger charge is 2.33. The van der Waals surface area contributed by atoms with Gasteiger partial charge in [0.1, 0.15) is 11.9 Å². The second-order valence-corrected chi connectivity index (χ2v) is 9.70. The molecule has 35 heavy (non-hydrogen) atoms. The first-order valence-corrected chi connectivity index (χ1v) is 11.8. The molecule has 4 heteroatoms. The van der Waals surface area contributed by atoms with Crippen LogP contribution < -0.4 is 4.74 Å². The molecule has 1 aliphatic carbocycles. The van der Waals surface area contributed by atoms with Gasteiger partial charge in [0.25, 0.3) is 0 Å². The van der Waals surface area contributed by atoms with Gasteiger partial charge >= 0.3 is 11.9 Å². The Bertz CT molecular complexity index is 1190. The molecule has 0 N–H and O–H groups in total.